The predicted octanol–water partition coefficient (Wildman–Crippen LogP) is 3.89. The van der Waals surface area contributed by atoms with Gasteiger partial charge >= 0.3 is 6.61 Å². The highest BCUT2D eigenvalue weighted by Crippen LogP contribution is 2.41. The van der Waals surface area contributed by atoms with Crippen molar-refractivity contribution in [1.82, 2.24) is 5.32 Å². The lowest BCUT2D eigenvalue weighted by Gasteiger charge is -2.38. The lowest BCUT2D eigenvalue weighted by atomic mass is 9.89. The predicted molar refractivity (Wildman–Crippen MR) is 73.4 cm³/mol. The maximum atomic E-state index is 12.3. The summed E-state index contributed by atoms with van der Waals surface area (Å²) in [6.45, 7) is 4.20. The van der Waals surface area contributed by atoms with E-state index >= 15 is 0 Å². The molecule has 5 heteroatoms. The van der Waals surface area contributed by atoms with E-state index in [2.05, 4.69) is 17.0 Å². The van der Waals surface area contributed by atoms with E-state index in [-0.39, 0.29) is 17.4 Å². The van der Waals surface area contributed by atoms with Crippen LogP contribution >= 0.6 is 0 Å². The largest absolute Gasteiger partial charge is 0.487 e. The van der Waals surface area contributed by atoms with Gasteiger partial charge in [0.1, 0.15) is 17.1 Å². The van der Waals surface area contributed by atoms with Gasteiger partial charge in [-0.3, -0.25) is 0 Å². The normalized spacial score (nSPS) is 20.4. The van der Waals surface area contributed by atoms with Gasteiger partial charge in [-0.15, -0.1) is 0 Å². The summed E-state index contributed by atoms with van der Waals surface area (Å²) in [7, 11) is 0. The van der Waals surface area contributed by atoms with E-state index in [9.17, 15) is 8.78 Å². The molecule has 1 unspecified atom stereocenters. The zero-order chi connectivity index (χ0) is 14.8. The molecule has 0 fully saturated rings. The molecule has 1 heterocycles. The fourth-order valence-electron chi connectivity index (χ4n) is 2.51. The maximum Gasteiger partial charge on any atom is 0.387 e. The maximum absolute atomic E-state index is 12.3. The van der Waals surface area contributed by atoms with Crippen LogP contribution in [0.5, 0.6) is 11.5 Å². The number of rotatable bonds is 5. The van der Waals surface area contributed by atoms with Crippen molar-refractivity contribution in [1.29, 1.82) is 0 Å². The van der Waals surface area contributed by atoms with E-state index < -0.39 is 6.61 Å². The molecule has 1 aromatic carbocycles. The molecule has 0 bridgehead atoms. The van der Waals surface area contributed by atoms with Gasteiger partial charge in [-0.05, 0) is 32.9 Å². The Hall–Kier alpha value is -1.36. The van der Waals surface area contributed by atoms with Crippen LogP contribution in [0.25, 0.3) is 0 Å². The fourth-order valence-corrected chi connectivity index (χ4v) is 2.51. The minimum Gasteiger partial charge on any atom is -0.487 e. The minimum atomic E-state index is -2.82. The number of hydrogen-bond donors (Lipinski definition) is 1. The first kappa shape index (κ1) is 15.0. The van der Waals surface area contributed by atoms with Crippen LogP contribution in [0.3, 0.4) is 0 Å². The fraction of sp³-hybridized carbons (Fsp3) is 0.600. The summed E-state index contributed by atoms with van der Waals surface area (Å²) in [4.78, 5) is 0. The van der Waals surface area contributed by atoms with Crippen LogP contribution in [0.1, 0.15) is 45.2 Å². The quantitative estimate of drug-likeness (QED) is 0.890. The summed E-state index contributed by atoms with van der Waals surface area (Å²) in [5.74, 6) is 0.749. The Morgan fingerprint density at radius 1 is 1.45 bits per heavy atom. The van der Waals surface area contributed by atoms with E-state index in [1.165, 1.54) is 0 Å². The second kappa shape index (κ2) is 5.95. The van der Waals surface area contributed by atoms with Gasteiger partial charge in [-0.2, -0.15) is 8.78 Å². The van der Waals surface area contributed by atoms with Crippen molar-refractivity contribution >= 4 is 0 Å². The summed E-state index contributed by atoms with van der Waals surface area (Å²) in [5, 5.41) is 3.47. The molecule has 0 radical (unpaired) electrons. The Balaban J connectivity index is 2.26. The average molecular weight is 285 g/mol. The van der Waals surface area contributed by atoms with Crippen LogP contribution in [0.15, 0.2) is 18.2 Å². The third-order valence-corrected chi connectivity index (χ3v) is 3.31. The molecule has 0 aromatic heterocycles. The summed E-state index contributed by atoms with van der Waals surface area (Å²) >= 11 is 0. The molecule has 1 aromatic rings. The van der Waals surface area contributed by atoms with Gasteiger partial charge in [-0.25, -0.2) is 0 Å². The molecular formula is C15H21F2NO2. The van der Waals surface area contributed by atoms with Crippen molar-refractivity contribution in [2.45, 2.75) is 51.9 Å². The van der Waals surface area contributed by atoms with E-state index in [1.807, 2.05) is 13.8 Å². The minimum absolute atomic E-state index is 0.130. The van der Waals surface area contributed by atoms with Gasteiger partial charge in [0.25, 0.3) is 0 Å². The number of halogens is 2. The molecule has 0 saturated carbocycles. The first-order valence-electron chi connectivity index (χ1n) is 6.92. The number of fused-ring (bicyclic) bond motifs is 1. The van der Waals surface area contributed by atoms with E-state index in [0.29, 0.717) is 5.75 Å². The summed E-state index contributed by atoms with van der Waals surface area (Å²) in [6.07, 6.45) is 1.88. The molecule has 1 N–H and O–H groups in total. The zero-order valence-electron chi connectivity index (χ0n) is 12.1. The van der Waals surface area contributed by atoms with Crippen molar-refractivity contribution in [2.75, 3.05) is 6.54 Å². The van der Waals surface area contributed by atoms with Crippen LogP contribution in [-0.2, 0) is 0 Å². The molecule has 0 spiro atoms. The number of ether oxygens (including phenoxy) is 2. The third kappa shape index (κ3) is 3.60. The number of hydrogen-bond acceptors (Lipinski definition) is 3. The highest BCUT2D eigenvalue weighted by molar-refractivity contribution is 5.44. The Bertz CT molecular complexity index is 463. The summed E-state index contributed by atoms with van der Waals surface area (Å²) in [5.41, 5.74) is 0.668. The van der Waals surface area contributed by atoms with Crippen molar-refractivity contribution in [3.63, 3.8) is 0 Å². The standard InChI is InChI=1S/C15H21F2NO2/c1-4-7-18-12-9-15(2,3)20-13-8-10(19-14(16)17)5-6-11(12)13/h5-6,8,12,14,18H,4,7,9H2,1-3H3. The van der Waals surface area contributed by atoms with Gasteiger partial charge in [0.05, 0.1) is 0 Å². The van der Waals surface area contributed by atoms with Gasteiger partial charge in [0.15, 0.2) is 0 Å². The van der Waals surface area contributed by atoms with Gasteiger partial charge in [0, 0.05) is 24.1 Å². The van der Waals surface area contributed by atoms with Crippen molar-refractivity contribution in [2.24, 2.45) is 0 Å². The van der Waals surface area contributed by atoms with E-state index in [1.54, 1.807) is 18.2 Å². The van der Waals surface area contributed by atoms with Crippen molar-refractivity contribution in [3.05, 3.63) is 23.8 Å². The van der Waals surface area contributed by atoms with Gasteiger partial charge in [-0.1, -0.05) is 13.0 Å². The molecule has 3 nitrogen and oxygen atoms in total. The molecule has 0 aliphatic carbocycles. The highest BCUT2D eigenvalue weighted by Gasteiger charge is 2.33. The first-order chi connectivity index (χ1) is 9.41. The van der Waals surface area contributed by atoms with Crippen LogP contribution in [-0.4, -0.2) is 18.8 Å². The molecule has 1 atom stereocenters. The molecule has 1 aliphatic heterocycles. The lowest BCUT2D eigenvalue weighted by molar-refractivity contribution is -0.0501. The monoisotopic (exact) mass is 285 g/mol. The molecule has 2 rings (SSSR count). The molecular weight excluding hydrogens is 264 g/mol. The zero-order valence-corrected chi connectivity index (χ0v) is 12.1. The SMILES string of the molecule is CCCNC1CC(C)(C)Oc2cc(OC(F)F)ccc21. The Labute approximate surface area is 118 Å². The van der Waals surface area contributed by atoms with Gasteiger partial charge in [0.2, 0.25) is 0 Å². The Morgan fingerprint density at radius 2 is 2.20 bits per heavy atom. The molecule has 0 saturated heterocycles. The summed E-state index contributed by atoms with van der Waals surface area (Å²) in [6, 6.07) is 5.08. The number of alkyl halides is 2. The van der Waals surface area contributed by atoms with Crippen molar-refractivity contribution < 1.29 is 18.3 Å². The Kier molecular flexibility index (Phi) is 4.48. The average Bonchev–Trinajstić information content (AvgIpc) is 2.33. The molecule has 20 heavy (non-hydrogen) atoms. The first-order valence-corrected chi connectivity index (χ1v) is 6.92. The lowest BCUT2D eigenvalue weighted by Crippen LogP contribution is -2.39. The highest BCUT2D eigenvalue weighted by atomic mass is 19.3. The van der Waals surface area contributed by atoms with Crippen LogP contribution in [0.2, 0.25) is 0 Å². The number of benzene rings is 1. The van der Waals surface area contributed by atoms with Crippen molar-refractivity contribution in [3.8, 4) is 11.5 Å². The number of nitrogens with one attached hydrogen (secondary N) is 1. The summed E-state index contributed by atoms with van der Waals surface area (Å²) < 4.78 is 34.9. The van der Waals surface area contributed by atoms with Crippen LogP contribution < -0.4 is 14.8 Å². The second-order valence-electron chi connectivity index (χ2n) is 5.65. The molecule has 0 amide bonds. The van der Waals surface area contributed by atoms with E-state index in [0.717, 1.165) is 24.9 Å². The molecule has 1 aliphatic rings. The Morgan fingerprint density at radius 3 is 2.85 bits per heavy atom. The van der Waals surface area contributed by atoms with Crippen LogP contribution in [0.4, 0.5) is 8.78 Å². The second-order valence-corrected chi connectivity index (χ2v) is 5.65. The van der Waals surface area contributed by atoms with Gasteiger partial charge < -0.3 is 14.8 Å². The third-order valence-electron chi connectivity index (χ3n) is 3.31. The van der Waals surface area contributed by atoms with E-state index in [4.69, 9.17) is 4.74 Å². The smallest absolute Gasteiger partial charge is 0.387 e. The van der Waals surface area contributed by atoms with Crippen LogP contribution in [0, 0.1) is 0 Å². The topological polar surface area (TPSA) is 30.5 Å². The molecule has 112 valence electrons.